The lowest BCUT2D eigenvalue weighted by atomic mass is 10.0. The Balaban J connectivity index is 2.27. The van der Waals surface area contributed by atoms with Gasteiger partial charge in [0.15, 0.2) is 0 Å². The first kappa shape index (κ1) is 21.3. The van der Waals surface area contributed by atoms with Gasteiger partial charge in [0.25, 0.3) is 0 Å². The normalized spacial score (nSPS) is 13.7. The van der Waals surface area contributed by atoms with E-state index in [1.54, 1.807) is 25.1 Å². The minimum absolute atomic E-state index is 0.193. The molecule has 2 aromatic carbocycles. The number of anilines is 1. The number of sulfonamides is 1. The number of amides is 1. The lowest BCUT2D eigenvalue weighted by molar-refractivity contribution is -0.122. The zero-order chi connectivity index (χ0) is 20.2. The summed E-state index contributed by atoms with van der Waals surface area (Å²) in [6.45, 7) is 5.54. The summed E-state index contributed by atoms with van der Waals surface area (Å²) in [5.41, 5.74) is 2.48. The van der Waals surface area contributed by atoms with E-state index in [1.807, 2.05) is 38.1 Å². The van der Waals surface area contributed by atoms with Crippen LogP contribution in [0.25, 0.3) is 0 Å². The molecule has 0 bridgehead atoms. The van der Waals surface area contributed by atoms with Crippen molar-refractivity contribution in [1.29, 1.82) is 0 Å². The average Bonchev–Trinajstić information content (AvgIpc) is 2.59. The molecule has 5 nitrogen and oxygen atoms in total. The second kappa shape index (κ2) is 8.76. The van der Waals surface area contributed by atoms with E-state index in [1.165, 1.54) is 6.07 Å². The average molecular weight is 409 g/mol. The Labute approximate surface area is 166 Å². The van der Waals surface area contributed by atoms with Crippen molar-refractivity contribution in [2.24, 2.45) is 0 Å². The van der Waals surface area contributed by atoms with Gasteiger partial charge in [-0.05, 0) is 44.0 Å². The van der Waals surface area contributed by atoms with Crippen molar-refractivity contribution in [2.45, 2.75) is 39.3 Å². The van der Waals surface area contributed by atoms with Crippen LogP contribution in [-0.4, -0.2) is 26.6 Å². The van der Waals surface area contributed by atoms with Crippen LogP contribution in [0.4, 0.5) is 5.69 Å². The number of carbonyl (C=O) groups is 1. The maximum atomic E-state index is 12.8. The van der Waals surface area contributed by atoms with Crippen LogP contribution in [0.15, 0.2) is 48.5 Å². The second-order valence-corrected chi connectivity index (χ2v) is 8.89. The highest BCUT2D eigenvalue weighted by atomic mass is 35.5. The van der Waals surface area contributed by atoms with Crippen molar-refractivity contribution in [3.8, 4) is 0 Å². The Morgan fingerprint density at radius 2 is 1.81 bits per heavy atom. The van der Waals surface area contributed by atoms with E-state index in [9.17, 15) is 13.2 Å². The third-order valence-corrected chi connectivity index (χ3v) is 5.83. The molecule has 2 rings (SSSR count). The van der Waals surface area contributed by atoms with E-state index in [4.69, 9.17) is 11.6 Å². The lowest BCUT2D eigenvalue weighted by Crippen LogP contribution is -2.48. The molecule has 0 aliphatic carbocycles. The quantitative estimate of drug-likeness (QED) is 0.750. The molecule has 1 amide bonds. The molecule has 2 atom stereocenters. The number of hydrogen-bond donors (Lipinski definition) is 1. The van der Waals surface area contributed by atoms with Gasteiger partial charge in [0.05, 0.1) is 18.0 Å². The monoisotopic (exact) mass is 408 g/mol. The zero-order valence-corrected chi connectivity index (χ0v) is 17.5. The van der Waals surface area contributed by atoms with Crippen molar-refractivity contribution in [3.63, 3.8) is 0 Å². The van der Waals surface area contributed by atoms with Gasteiger partial charge >= 0.3 is 0 Å². The van der Waals surface area contributed by atoms with Gasteiger partial charge in [-0.15, -0.1) is 0 Å². The van der Waals surface area contributed by atoms with Crippen LogP contribution < -0.4 is 9.62 Å². The van der Waals surface area contributed by atoms with Crippen molar-refractivity contribution < 1.29 is 13.2 Å². The Morgan fingerprint density at radius 3 is 2.33 bits per heavy atom. The summed E-state index contributed by atoms with van der Waals surface area (Å²) >= 11 is 6.00. The molecule has 0 spiro atoms. The zero-order valence-electron chi connectivity index (χ0n) is 15.9. The molecular weight excluding hydrogens is 384 g/mol. The summed E-state index contributed by atoms with van der Waals surface area (Å²) in [5.74, 6) is -0.368. The maximum Gasteiger partial charge on any atom is 0.244 e. The molecule has 2 unspecified atom stereocenters. The Morgan fingerprint density at radius 1 is 1.19 bits per heavy atom. The van der Waals surface area contributed by atoms with Gasteiger partial charge in [-0.25, -0.2) is 8.42 Å². The highest BCUT2D eigenvalue weighted by Crippen LogP contribution is 2.25. The molecule has 0 saturated carbocycles. The summed E-state index contributed by atoms with van der Waals surface area (Å²) in [6, 6.07) is 13.3. The van der Waals surface area contributed by atoms with Gasteiger partial charge in [0.1, 0.15) is 6.04 Å². The van der Waals surface area contributed by atoms with Gasteiger partial charge in [0.2, 0.25) is 15.9 Å². The lowest BCUT2D eigenvalue weighted by Gasteiger charge is -2.30. The van der Waals surface area contributed by atoms with Crippen LogP contribution in [0.1, 0.15) is 37.4 Å². The van der Waals surface area contributed by atoms with Gasteiger partial charge in [-0.2, -0.15) is 0 Å². The summed E-state index contributed by atoms with van der Waals surface area (Å²) in [6.07, 6.45) is 1.77. The molecule has 0 fully saturated rings. The predicted octanol–water partition coefficient (Wildman–Crippen LogP) is 4.07. The van der Waals surface area contributed by atoms with Crippen molar-refractivity contribution in [1.82, 2.24) is 5.32 Å². The first-order valence-electron chi connectivity index (χ1n) is 8.75. The molecule has 27 heavy (non-hydrogen) atoms. The maximum absolute atomic E-state index is 12.8. The van der Waals surface area contributed by atoms with Gasteiger partial charge < -0.3 is 5.32 Å². The third kappa shape index (κ3) is 5.47. The predicted molar refractivity (Wildman–Crippen MR) is 111 cm³/mol. The van der Waals surface area contributed by atoms with E-state index in [2.05, 4.69) is 5.32 Å². The van der Waals surface area contributed by atoms with E-state index in [0.717, 1.165) is 21.7 Å². The Kier molecular flexibility index (Phi) is 6.89. The molecule has 146 valence electrons. The topological polar surface area (TPSA) is 66.5 Å². The van der Waals surface area contributed by atoms with E-state index in [0.29, 0.717) is 17.1 Å². The highest BCUT2D eigenvalue weighted by Gasteiger charge is 2.30. The smallest absolute Gasteiger partial charge is 0.244 e. The molecule has 0 aromatic heterocycles. The molecule has 0 heterocycles. The number of rotatable bonds is 7. The van der Waals surface area contributed by atoms with E-state index in [-0.39, 0.29) is 11.9 Å². The second-order valence-electron chi connectivity index (χ2n) is 6.59. The SMILES string of the molecule is CCC(NC(=O)C(C)N(c1cccc(Cl)c1)S(C)(=O)=O)c1ccc(C)cc1. The summed E-state index contributed by atoms with van der Waals surface area (Å²) in [5, 5.41) is 3.36. The summed E-state index contributed by atoms with van der Waals surface area (Å²) < 4.78 is 25.8. The van der Waals surface area contributed by atoms with Crippen LogP contribution >= 0.6 is 11.6 Å². The van der Waals surface area contributed by atoms with Crippen molar-refractivity contribution in [2.75, 3.05) is 10.6 Å². The number of nitrogens with zero attached hydrogens (tertiary/aromatic N) is 1. The van der Waals surface area contributed by atoms with Crippen LogP contribution in [0, 0.1) is 6.92 Å². The van der Waals surface area contributed by atoms with Crippen LogP contribution in [-0.2, 0) is 14.8 Å². The molecular formula is C20H25ClN2O3S. The largest absolute Gasteiger partial charge is 0.347 e. The molecule has 0 radical (unpaired) electrons. The van der Waals surface area contributed by atoms with Crippen molar-refractivity contribution >= 4 is 33.2 Å². The first-order valence-corrected chi connectivity index (χ1v) is 11.0. The highest BCUT2D eigenvalue weighted by molar-refractivity contribution is 7.92. The minimum Gasteiger partial charge on any atom is -0.347 e. The number of nitrogens with one attached hydrogen (secondary N) is 1. The van der Waals surface area contributed by atoms with Crippen molar-refractivity contribution in [3.05, 3.63) is 64.7 Å². The molecule has 2 aromatic rings. The molecule has 0 aliphatic heterocycles. The Bertz CT molecular complexity index is 898. The van der Waals surface area contributed by atoms with Gasteiger partial charge in [-0.3, -0.25) is 9.10 Å². The molecule has 0 aliphatic rings. The fourth-order valence-electron chi connectivity index (χ4n) is 2.93. The third-order valence-electron chi connectivity index (χ3n) is 4.36. The number of aryl methyl sites for hydroxylation is 1. The molecule has 0 saturated heterocycles. The fourth-order valence-corrected chi connectivity index (χ4v) is 4.29. The fraction of sp³-hybridized carbons (Fsp3) is 0.350. The standard InChI is InChI=1S/C20H25ClN2O3S/c1-5-19(16-11-9-14(2)10-12-16)22-20(24)15(3)23(27(4,25)26)18-8-6-7-17(21)13-18/h6-13,15,19H,5H2,1-4H3,(H,22,24). The first-order chi connectivity index (χ1) is 12.6. The van der Waals surface area contributed by atoms with E-state index < -0.39 is 16.1 Å². The van der Waals surface area contributed by atoms with Crippen LogP contribution in [0.3, 0.4) is 0 Å². The van der Waals surface area contributed by atoms with Crippen LogP contribution in [0.2, 0.25) is 5.02 Å². The van der Waals surface area contributed by atoms with E-state index >= 15 is 0 Å². The summed E-state index contributed by atoms with van der Waals surface area (Å²) in [4.78, 5) is 12.8. The van der Waals surface area contributed by atoms with Gasteiger partial charge in [0, 0.05) is 5.02 Å². The summed E-state index contributed by atoms with van der Waals surface area (Å²) in [7, 11) is -3.68. The minimum atomic E-state index is -3.68. The van der Waals surface area contributed by atoms with Gasteiger partial charge in [-0.1, -0.05) is 54.4 Å². The number of hydrogen-bond acceptors (Lipinski definition) is 3. The number of benzene rings is 2. The number of halogens is 1. The Hall–Kier alpha value is -2.05. The molecule has 7 heteroatoms. The van der Waals surface area contributed by atoms with Crippen LogP contribution in [0.5, 0.6) is 0 Å². The molecule has 1 N–H and O–H groups in total. The number of carbonyl (C=O) groups excluding carboxylic acids is 1.